The normalized spacial score (nSPS) is 22.3. The Bertz CT molecular complexity index is 846. The summed E-state index contributed by atoms with van der Waals surface area (Å²) in [6.07, 6.45) is 3.28. The number of carboxylic acids is 2. The van der Waals surface area contributed by atoms with E-state index in [1.54, 1.807) is 12.1 Å². The van der Waals surface area contributed by atoms with E-state index in [1.165, 1.54) is 45.2 Å². The first-order valence-electron chi connectivity index (χ1n) is 11.3. The average molecular weight is 519 g/mol. The maximum Gasteiger partial charge on any atom is 0.335 e. The van der Waals surface area contributed by atoms with Gasteiger partial charge in [-0.25, -0.2) is 9.59 Å². The molecule has 1 saturated heterocycles. The Hall–Kier alpha value is -1.91. The number of likely N-dealkylation sites (tertiary alicyclic amines) is 1. The molecule has 1 aromatic rings. The minimum absolute atomic E-state index is 0.171. The molecule has 4 atom stereocenters. The summed E-state index contributed by atoms with van der Waals surface area (Å²) in [5.74, 6) is -3.37. The third-order valence-corrected chi connectivity index (χ3v) is 7.08. The lowest BCUT2D eigenvalue weighted by Gasteiger charge is -2.42. The highest BCUT2D eigenvalue weighted by molar-refractivity contribution is 6.42. The maximum atomic E-state index is 12.8. The second-order valence-corrected chi connectivity index (χ2v) is 9.47. The Morgan fingerprint density at radius 3 is 2.06 bits per heavy atom. The van der Waals surface area contributed by atoms with Crippen molar-refractivity contribution in [3.05, 3.63) is 33.8 Å². The molecule has 190 valence electrons. The largest absolute Gasteiger partial charge is 0.479 e. The summed E-state index contributed by atoms with van der Waals surface area (Å²) in [5, 5.41) is 33.6. The van der Waals surface area contributed by atoms with Crippen molar-refractivity contribution in [2.75, 3.05) is 20.1 Å². The lowest BCUT2D eigenvalue weighted by atomic mass is 9.88. The molecule has 0 spiro atoms. The Labute approximate surface area is 208 Å². The van der Waals surface area contributed by atoms with Crippen LogP contribution in [0, 0.1) is 0 Å². The van der Waals surface area contributed by atoms with Gasteiger partial charge in [0.2, 0.25) is 5.91 Å². The molecule has 2 unspecified atom stereocenters. The molecule has 1 aliphatic carbocycles. The van der Waals surface area contributed by atoms with Gasteiger partial charge in [-0.05, 0) is 56.5 Å². The second kappa shape index (κ2) is 13.3. The first-order valence-corrected chi connectivity index (χ1v) is 12.0. The van der Waals surface area contributed by atoms with Gasteiger partial charge in [0.15, 0.2) is 12.2 Å². The molecular formula is C23H32Cl2N2O7. The number of carbonyl (C=O) groups is 3. The maximum absolute atomic E-state index is 12.8. The van der Waals surface area contributed by atoms with Crippen LogP contribution in [-0.4, -0.2) is 92.5 Å². The smallest absolute Gasteiger partial charge is 0.335 e. The minimum atomic E-state index is -2.27. The Balaban J connectivity index is 0.000000347. The summed E-state index contributed by atoms with van der Waals surface area (Å²) < 4.78 is 0. The number of halogens is 2. The summed E-state index contributed by atoms with van der Waals surface area (Å²) in [6.45, 7) is 2.38. The molecule has 1 heterocycles. The lowest BCUT2D eigenvalue weighted by Crippen LogP contribution is -2.53. The Morgan fingerprint density at radius 2 is 1.53 bits per heavy atom. The van der Waals surface area contributed by atoms with Gasteiger partial charge in [-0.15, -0.1) is 0 Å². The lowest BCUT2D eigenvalue weighted by molar-refractivity contribution is -0.165. The number of carboxylic acid groups (broad SMARTS) is 2. The molecule has 0 bridgehead atoms. The predicted molar refractivity (Wildman–Crippen MR) is 127 cm³/mol. The summed E-state index contributed by atoms with van der Waals surface area (Å²) in [7, 11) is 1.97. The van der Waals surface area contributed by atoms with Gasteiger partial charge in [-0.1, -0.05) is 42.1 Å². The first-order chi connectivity index (χ1) is 16.0. The molecule has 1 amide bonds. The fourth-order valence-electron chi connectivity index (χ4n) is 4.45. The number of nitrogens with zero attached hydrogens (tertiary/aromatic N) is 2. The molecule has 2 fully saturated rings. The van der Waals surface area contributed by atoms with Crippen molar-refractivity contribution in [2.45, 2.75) is 69.2 Å². The number of aliphatic hydroxyl groups excluding tert-OH is 2. The van der Waals surface area contributed by atoms with Gasteiger partial charge in [0.1, 0.15) is 0 Å². The topological polar surface area (TPSA) is 139 Å². The number of likely N-dealkylation sites (N-methyl/N-ethyl adjacent to an activating group) is 1. The van der Waals surface area contributed by atoms with Gasteiger partial charge in [0.25, 0.3) is 0 Å². The molecule has 1 saturated carbocycles. The standard InChI is InChI=1S/C19H26Cl2N2O.C4H6O6/c1-22(19(24)13-14-8-9-15(20)16(21)12-14)17-6-2-3-7-18(17)23-10-4-5-11-23;5-1(3(7)8)2(6)4(9)10/h8-9,12,17-18H,2-7,10-11,13H2,1H3;1-2,5-6H,(H,7,8)(H,9,10)/t;1-,2-/m.1/s1. The molecular weight excluding hydrogens is 487 g/mol. The van der Waals surface area contributed by atoms with Crippen LogP contribution < -0.4 is 0 Å². The average Bonchev–Trinajstić information content (AvgIpc) is 3.35. The number of rotatable bonds is 7. The molecule has 1 aliphatic heterocycles. The highest BCUT2D eigenvalue weighted by atomic mass is 35.5. The second-order valence-electron chi connectivity index (χ2n) is 8.66. The molecule has 34 heavy (non-hydrogen) atoms. The van der Waals surface area contributed by atoms with Crippen LogP contribution in [0.15, 0.2) is 18.2 Å². The molecule has 4 N–H and O–H groups in total. The van der Waals surface area contributed by atoms with E-state index in [9.17, 15) is 14.4 Å². The third-order valence-electron chi connectivity index (χ3n) is 6.34. The monoisotopic (exact) mass is 518 g/mol. The number of aliphatic carboxylic acids is 2. The number of hydrogen-bond donors (Lipinski definition) is 4. The Morgan fingerprint density at radius 1 is 0.971 bits per heavy atom. The van der Waals surface area contributed by atoms with E-state index >= 15 is 0 Å². The zero-order valence-corrected chi connectivity index (χ0v) is 20.6. The fourth-order valence-corrected chi connectivity index (χ4v) is 4.77. The molecule has 0 aromatic heterocycles. The van der Waals surface area contributed by atoms with Crippen molar-refractivity contribution in [3.63, 3.8) is 0 Å². The number of hydrogen-bond acceptors (Lipinski definition) is 6. The van der Waals surface area contributed by atoms with E-state index in [1.807, 2.05) is 18.0 Å². The van der Waals surface area contributed by atoms with Crippen molar-refractivity contribution in [1.29, 1.82) is 0 Å². The molecule has 1 aromatic carbocycles. The van der Waals surface area contributed by atoms with Crippen LogP contribution in [0.4, 0.5) is 0 Å². The summed E-state index contributed by atoms with van der Waals surface area (Å²) in [5.41, 5.74) is 0.926. The van der Waals surface area contributed by atoms with Crippen LogP contribution in [0.2, 0.25) is 10.0 Å². The van der Waals surface area contributed by atoms with Crippen molar-refractivity contribution in [2.24, 2.45) is 0 Å². The van der Waals surface area contributed by atoms with Gasteiger partial charge in [-0.3, -0.25) is 9.69 Å². The van der Waals surface area contributed by atoms with E-state index in [0.29, 0.717) is 28.5 Å². The van der Waals surface area contributed by atoms with Crippen molar-refractivity contribution in [1.82, 2.24) is 9.80 Å². The van der Waals surface area contributed by atoms with Crippen LogP contribution >= 0.6 is 23.2 Å². The predicted octanol–water partition coefficient (Wildman–Crippen LogP) is 2.28. The van der Waals surface area contributed by atoms with Crippen LogP contribution in [0.3, 0.4) is 0 Å². The SMILES string of the molecule is CN(C(=O)Cc1ccc(Cl)c(Cl)c1)C1CCCCC1N1CCCC1.O=C(O)[C@H](O)[C@@H](O)C(=O)O. The number of carbonyl (C=O) groups excluding carboxylic acids is 1. The minimum Gasteiger partial charge on any atom is -0.479 e. The van der Waals surface area contributed by atoms with Crippen LogP contribution in [0.1, 0.15) is 44.1 Å². The van der Waals surface area contributed by atoms with Crippen LogP contribution in [0.5, 0.6) is 0 Å². The van der Waals surface area contributed by atoms with E-state index in [-0.39, 0.29) is 5.91 Å². The van der Waals surface area contributed by atoms with Crippen molar-refractivity contribution in [3.8, 4) is 0 Å². The summed E-state index contributed by atoms with van der Waals surface area (Å²) in [6, 6.07) is 6.32. The molecule has 2 aliphatic rings. The van der Waals surface area contributed by atoms with Gasteiger partial charge in [0, 0.05) is 19.1 Å². The zero-order chi connectivity index (χ0) is 25.4. The summed E-state index contributed by atoms with van der Waals surface area (Å²) >= 11 is 12.0. The van der Waals surface area contributed by atoms with E-state index in [2.05, 4.69) is 4.90 Å². The van der Waals surface area contributed by atoms with Gasteiger partial charge in [-0.2, -0.15) is 0 Å². The third kappa shape index (κ3) is 7.81. The molecule has 0 radical (unpaired) electrons. The van der Waals surface area contributed by atoms with E-state index in [0.717, 1.165) is 12.0 Å². The highest BCUT2D eigenvalue weighted by Gasteiger charge is 2.35. The molecule has 11 heteroatoms. The molecule has 3 rings (SSSR count). The van der Waals surface area contributed by atoms with Gasteiger partial charge < -0.3 is 25.3 Å². The van der Waals surface area contributed by atoms with E-state index < -0.39 is 24.1 Å². The van der Waals surface area contributed by atoms with Crippen molar-refractivity contribution >= 4 is 41.0 Å². The van der Waals surface area contributed by atoms with Crippen LogP contribution in [-0.2, 0) is 20.8 Å². The van der Waals surface area contributed by atoms with Gasteiger partial charge in [0.05, 0.1) is 16.5 Å². The number of amides is 1. The van der Waals surface area contributed by atoms with Crippen LogP contribution in [0.25, 0.3) is 0 Å². The highest BCUT2D eigenvalue weighted by Crippen LogP contribution is 2.30. The molecule has 9 nitrogen and oxygen atoms in total. The van der Waals surface area contributed by atoms with Crippen molar-refractivity contribution < 1.29 is 34.8 Å². The summed E-state index contributed by atoms with van der Waals surface area (Å²) in [4.78, 5) is 36.9. The zero-order valence-electron chi connectivity index (χ0n) is 19.1. The first kappa shape index (κ1) is 28.3. The fraction of sp³-hybridized carbons (Fsp3) is 0.609. The quantitative estimate of drug-likeness (QED) is 0.431. The van der Waals surface area contributed by atoms with E-state index in [4.69, 9.17) is 43.6 Å². The number of benzene rings is 1. The van der Waals surface area contributed by atoms with Gasteiger partial charge >= 0.3 is 11.9 Å². The Kier molecular flexibility index (Phi) is 11.0. The number of aliphatic hydroxyl groups is 2.